The molecule has 0 aliphatic heterocycles. The Balaban J connectivity index is 1.43. The summed E-state index contributed by atoms with van der Waals surface area (Å²) >= 11 is 0. The Morgan fingerprint density at radius 2 is 1.62 bits per heavy atom. The third kappa shape index (κ3) is 5.62. The van der Waals surface area contributed by atoms with Crippen LogP contribution in [0.3, 0.4) is 0 Å². The van der Waals surface area contributed by atoms with Gasteiger partial charge < -0.3 is 15.4 Å². The monoisotopic (exact) mass is 352 g/mol. The van der Waals surface area contributed by atoms with E-state index in [2.05, 4.69) is 10.6 Å². The highest BCUT2D eigenvalue weighted by atomic mass is 16.5. The first-order valence-corrected chi connectivity index (χ1v) is 9.05. The van der Waals surface area contributed by atoms with Gasteiger partial charge in [0.2, 0.25) is 11.8 Å². The molecule has 3 rings (SSSR count). The zero-order chi connectivity index (χ0) is 18.2. The fourth-order valence-corrected chi connectivity index (χ4v) is 3.08. The number of ether oxygens (including phenoxy) is 1. The van der Waals surface area contributed by atoms with Crippen molar-refractivity contribution in [2.45, 2.75) is 44.8 Å². The standard InChI is InChI=1S/C21H24N2O3/c24-20(22-17-8-4-5-9-17)14-21(25)23-18-10-12-19(13-11-18)26-15-16-6-2-1-3-7-16/h1-3,6-7,10-13,17H,4-5,8-9,14-15H2,(H,22,24)(H,23,25). The van der Waals surface area contributed by atoms with Crippen molar-refractivity contribution in [2.24, 2.45) is 0 Å². The van der Waals surface area contributed by atoms with Crippen LogP contribution in [0.15, 0.2) is 54.6 Å². The molecule has 5 heteroatoms. The van der Waals surface area contributed by atoms with E-state index >= 15 is 0 Å². The molecule has 5 nitrogen and oxygen atoms in total. The lowest BCUT2D eigenvalue weighted by Crippen LogP contribution is -2.34. The summed E-state index contributed by atoms with van der Waals surface area (Å²) in [6.45, 7) is 0.494. The highest BCUT2D eigenvalue weighted by molar-refractivity contribution is 6.03. The molecule has 0 unspecified atom stereocenters. The van der Waals surface area contributed by atoms with E-state index in [-0.39, 0.29) is 24.3 Å². The number of hydrogen-bond donors (Lipinski definition) is 2. The number of nitrogens with one attached hydrogen (secondary N) is 2. The van der Waals surface area contributed by atoms with E-state index in [0.717, 1.165) is 37.0 Å². The molecule has 0 radical (unpaired) electrons. The van der Waals surface area contributed by atoms with Gasteiger partial charge in [-0.15, -0.1) is 0 Å². The molecule has 1 aliphatic carbocycles. The molecule has 0 heterocycles. The zero-order valence-corrected chi connectivity index (χ0v) is 14.7. The second-order valence-electron chi connectivity index (χ2n) is 6.57. The van der Waals surface area contributed by atoms with Crippen LogP contribution in [-0.2, 0) is 16.2 Å². The van der Waals surface area contributed by atoms with Crippen LogP contribution in [0.2, 0.25) is 0 Å². The molecule has 2 N–H and O–H groups in total. The SMILES string of the molecule is O=C(CC(=O)NC1CCCC1)Nc1ccc(OCc2ccccc2)cc1. The number of benzene rings is 2. The summed E-state index contributed by atoms with van der Waals surface area (Å²) in [6.07, 6.45) is 4.17. The van der Waals surface area contributed by atoms with Crippen LogP contribution in [0, 0.1) is 0 Å². The first-order chi connectivity index (χ1) is 12.7. The zero-order valence-electron chi connectivity index (χ0n) is 14.7. The molecule has 0 atom stereocenters. The van der Waals surface area contributed by atoms with Gasteiger partial charge in [0.25, 0.3) is 0 Å². The summed E-state index contributed by atoms with van der Waals surface area (Å²) in [6, 6.07) is 17.3. The van der Waals surface area contributed by atoms with E-state index in [0.29, 0.717) is 12.3 Å². The van der Waals surface area contributed by atoms with Crippen molar-refractivity contribution in [3.8, 4) is 5.75 Å². The summed E-state index contributed by atoms with van der Waals surface area (Å²) in [5, 5.41) is 5.66. The molecule has 2 aromatic carbocycles. The van der Waals surface area contributed by atoms with Gasteiger partial charge in [0.15, 0.2) is 0 Å². The molecular formula is C21H24N2O3. The van der Waals surface area contributed by atoms with Gasteiger partial charge >= 0.3 is 0 Å². The Bertz CT molecular complexity index is 723. The Labute approximate surface area is 153 Å². The van der Waals surface area contributed by atoms with Crippen molar-refractivity contribution in [1.82, 2.24) is 5.32 Å². The van der Waals surface area contributed by atoms with Crippen molar-refractivity contribution in [2.75, 3.05) is 5.32 Å². The van der Waals surface area contributed by atoms with Gasteiger partial charge in [0.1, 0.15) is 18.8 Å². The maximum absolute atomic E-state index is 12.0. The lowest BCUT2D eigenvalue weighted by molar-refractivity contribution is -0.127. The van der Waals surface area contributed by atoms with Gasteiger partial charge in [-0.25, -0.2) is 0 Å². The summed E-state index contributed by atoms with van der Waals surface area (Å²) in [7, 11) is 0. The topological polar surface area (TPSA) is 67.4 Å². The van der Waals surface area contributed by atoms with Crippen LogP contribution >= 0.6 is 0 Å². The van der Waals surface area contributed by atoms with E-state index in [1.54, 1.807) is 24.3 Å². The molecule has 2 amide bonds. The van der Waals surface area contributed by atoms with Gasteiger partial charge in [-0.2, -0.15) is 0 Å². The number of rotatable bonds is 7. The average molecular weight is 352 g/mol. The fraction of sp³-hybridized carbons (Fsp3) is 0.333. The smallest absolute Gasteiger partial charge is 0.233 e. The highest BCUT2D eigenvalue weighted by Crippen LogP contribution is 2.18. The lowest BCUT2D eigenvalue weighted by Gasteiger charge is -2.12. The number of amides is 2. The minimum atomic E-state index is -0.307. The molecule has 0 saturated heterocycles. The molecule has 1 saturated carbocycles. The number of carbonyl (C=O) groups is 2. The molecule has 136 valence electrons. The van der Waals surface area contributed by atoms with Crippen molar-refractivity contribution in [3.63, 3.8) is 0 Å². The summed E-state index contributed by atoms with van der Waals surface area (Å²) < 4.78 is 5.71. The van der Waals surface area contributed by atoms with Crippen LogP contribution < -0.4 is 15.4 Å². The Morgan fingerprint density at radius 3 is 2.31 bits per heavy atom. The first kappa shape index (κ1) is 18.0. The molecule has 2 aromatic rings. The minimum absolute atomic E-state index is 0.150. The molecule has 1 fully saturated rings. The van der Waals surface area contributed by atoms with Gasteiger partial charge in [0.05, 0.1) is 0 Å². The van der Waals surface area contributed by atoms with Crippen molar-refractivity contribution < 1.29 is 14.3 Å². The first-order valence-electron chi connectivity index (χ1n) is 9.05. The summed E-state index contributed by atoms with van der Waals surface area (Å²) in [5.74, 6) is 0.210. The number of hydrogen-bond acceptors (Lipinski definition) is 3. The summed E-state index contributed by atoms with van der Waals surface area (Å²) in [4.78, 5) is 23.9. The Kier molecular flexibility index (Phi) is 6.25. The van der Waals surface area contributed by atoms with E-state index in [9.17, 15) is 9.59 Å². The largest absolute Gasteiger partial charge is 0.489 e. The number of anilines is 1. The minimum Gasteiger partial charge on any atom is -0.489 e. The molecule has 0 bridgehead atoms. The van der Waals surface area contributed by atoms with Crippen LogP contribution in [0.4, 0.5) is 5.69 Å². The van der Waals surface area contributed by atoms with Crippen LogP contribution in [0.1, 0.15) is 37.7 Å². The van der Waals surface area contributed by atoms with Crippen molar-refractivity contribution in [3.05, 3.63) is 60.2 Å². The third-order valence-electron chi connectivity index (χ3n) is 4.43. The lowest BCUT2D eigenvalue weighted by atomic mass is 10.2. The molecule has 26 heavy (non-hydrogen) atoms. The second kappa shape index (κ2) is 9.04. The maximum atomic E-state index is 12.0. The van der Waals surface area contributed by atoms with Crippen LogP contribution in [-0.4, -0.2) is 17.9 Å². The summed E-state index contributed by atoms with van der Waals surface area (Å²) in [5.41, 5.74) is 1.74. The van der Waals surface area contributed by atoms with Gasteiger partial charge in [-0.1, -0.05) is 43.2 Å². The Morgan fingerprint density at radius 1 is 0.923 bits per heavy atom. The quantitative estimate of drug-likeness (QED) is 0.748. The molecule has 1 aliphatic rings. The van der Waals surface area contributed by atoms with Gasteiger partial charge in [0, 0.05) is 11.7 Å². The van der Waals surface area contributed by atoms with Gasteiger partial charge in [-0.3, -0.25) is 9.59 Å². The van der Waals surface area contributed by atoms with Gasteiger partial charge in [-0.05, 0) is 42.7 Å². The predicted molar refractivity (Wildman–Crippen MR) is 101 cm³/mol. The normalized spacial score (nSPS) is 14.0. The Hall–Kier alpha value is -2.82. The third-order valence-corrected chi connectivity index (χ3v) is 4.43. The molecule has 0 spiro atoms. The average Bonchev–Trinajstić information content (AvgIpc) is 3.14. The second-order valence-corrected chi connectivity index (χ2v) is 6.57. The van der Waals surface area contributed by atoms with E-state index in [4.69, 9.17) is 4.74 Å². The van der Waals surface area contributed by atoms with Crippen LogP contribution in [0.5, 0.6) is 5.75 Å². The van der Waals surface area contributed by atoms with E-state index in [1.165, 1.54) is 0 Å². The molecular weight excluding hydrogens is 328 g/mol. The van der Waals surface area contributed by atoms with E-state index < -0.39 is 0 Å². The van der Waals surface area contributed by atoms with E-state index in [1.807, 2.05) is 30.3 Å². The number of carbonyl (C=O) groups excluding carboxylic acids is 2. The highest BCUT2D eigenvalue weighted by Gasteiger charge is 2.18. The fourth-order valence-electron chi connectivity index (χ4n) is 3.08. The molecule has 0 aromatic heterocycles. The van der Waals surface area contributed by atoms with Crippen molar-refractivity contribution >= 4 is 17.5 Å². The van der Waals surface area contributed by atoms with Crippen molar-refractivity contribution in [1.29, 1.82) is 0 Å². The maximum Gasteiger partial charge on any atom is 0.233 e. The predicted octanol–water partition coefficient (Wildman–Crippen LogP) is 3.65. The van der Waals surface area contributed by atoms with Crippen LogP contribution in [0.25, 0.3) is 0 Å².